The predicted molar refractivity (Wildman–Crippen MR) is 123 cm³/mol. The maximum Gasteiger partial charge on any atom is 0.155 e. The van der Waals surface area contributed by atoms with E-state index in [1.807, 2.05) is 47.1 Å². The molecule has 4 aromatic rings. The summed E-state index contributed by atoms with van der Waals surface area (Å²) in [5.74, 6) is 2.28. The lowest BCUT2D eigenvalue weighted by Gasteiger charge is -2.30. The first-order valence-electron chi connectivity index (χ1n) is 10.8. The van der Waals surface area contributed by atoms with Crippen LogP contribution in [0.5, 0.6) is 5.75 Å². The number of likely N-dealkylation sites (tertiary alicyclic amines) is 1. The molecule has 0 bridgehead atoms. The molecule has 31 heavy (non-hydrogen) atoms. The zero-order chi connectivity index (χ0) is 21.0. The molecule has 1 fully saturated rings. The van der Waals surface area contributed by atoms with Gasteiger partial charge in [-0.25, -0.2) is 9.50 Å². The van der Waals surface area contributed by atoms with Crippen LogP contribution in [0.25, 0.3) is 5.65 Å². The van der Waals surface area contributed by atoms with Crippen molar-refractivity contribution < 1.29 is 4.74 Å². The number of aromatic nitrogens is 3. The molecule has 2 aromatic carbocycles. The lowest BCUT2D eigenvalue weighted by Crippen LogP contribution is -2.32. The second kappa shape index (κ2) is 8.78. The fourth-order valence-corrected chi connectivity index (χ4v) is 4.17. The van der Waals surface area contributed by atoms with Crippen LogP contribution in [0.3, 0.4) is 0 Å². The Hall–Kier alpha value is -3.38. The number of para-hydroxylation sites is 1. The normalized spacial score (nSPS) is 15.3. The molecule has 0 unspecified atom stereocenters. The van der Waals surface area contributed by atoms with Crippen LogP contribution in [0.2, 0.25) is 0 Å². The first-order chi connectivity index (χ1) is 15.3. The van der Waals surface area contributed by atoms with E-state index in [-0.39, 0.29) is 0 Å². The number of piperidine rings is 1. The van der Waals surface area contributed by atoms with Crippen LogP contribution in [0.4, 0.5) is 11.4 Å². The second-order valence-corrected chi connectivity index (χ2v) is 8.08. The number of hydrogen-bond donors (Lipinski definition) is 1. The van der Waals surface area contributed by atoms with Gasteiger partial charge in [-0.3, -0.25) is 4.90 Å². The van der Waals surface area contributed by atoms with Gasteiger partial charge in [-0.2, -0.15) is 5.10 Å². The van der Waals surface area contributed by atoms with E-state index in [2.05, 4.69) is 40.5 Å². The van der Waals surface area contributed by atoms with E-state index >= 15 is 0 Å². The fourth-order valence-electron chi connectivity index (χ4n) is 4.17. The Morgan fingerprint density at radius 3 is 2.45 bits per heavy atom. The number of hydrogen-bond acceptors (Lipinski definition) is 5. The summed E-state index contributed by atoms with van der Waals surface area (Å²) in [6.07, 6.45) is 4.18. The second-order valence-electron chi connectivity index (χ2n) is 8.08. The molecule has 0 atom stereocenters. The van der Waals surface area contributed by atoms with Crippen LogP contribution >= 0.6 is 0 Å². The Morgan fingerprint density at radius 2 is 1.71 bits per heavy atom. The highest BCUT2D eigenvalue weighted by Gasteiger charge is 2.24. The molecule has 2 aromatic heterocycles. The van der Waals surface area contributed by atoms with Gasteiger partial charge in [0.05, 0.1) is 19.0 Å². The molecule has 6 nitrogen and oxygen atoms in total. The highest BCUT2D eigenvalue weighted by atomic mass is 16.5. The monoisotopic (exact) mass is 413 g/mol. The van der Waals surface area contributed by atoms with Crippen LogP contribution in [-0.2, 0) is 6.54 Å². The molecule has 158 valence electrons. The van der Waals surface area contributed by atoms with Crippen molar-refractivity contribution in [1.82, 2.24) is 19.5 Å². The number of anilines is 2. The van der Waals surface area contributed by atoms with Gasteiger partial charge in [0, 0.05) is 18.2 Å². The summed E-state index contributed by atoms with van der Waals surface area (Å²) in [4.78, 5) is 7.31. The Morgan fingerprint density at radius 1 is 0.935 bits per heavy atom. The molecular formula is C25H27N5O. The molecule has 1 aliphatic rings. The van der Waals surface area contributed by atoms with Crippen molar-refractivity contribution in [1.29, 1.82) is 0 Å². The fraction of sp³-hybridized carbons (Fsp3) is 0.280. The summed E-state index contributed by atoms with van der Waals surface area (Å²) in [7, 11) is 1.70. The van der Waals surface area contributed by atoms with Crippen LogP contribution in [-0.4, -0.2) is 39.7 Å². The Balaban J connectivity index is 1.22. The smallest absolute Gasteiger partial charge is 0.155 e. The van der Waals surface area contributed by atoms with Gasteiger partial charge in [-0.15, -0.1) is 0 Å². The van der Waals surface area contributed by atoms with Crippen molar-refractivity contribution >= 4 is 17.0 Å². The number of fused-ring (bicyclic) bond motifs is 1. The summed E-state index contributed by atoms with van der Waals surface area (Å²) in [6.45, 7) is 3.10. The van der Waals surface area contributed by atoms with Gasteiger partial charge >= 0.3 is 0 Å². The minimum atomic E-state index is 0.414. The number of pyridine rings is 1. The van der Waals surface area contributed by atoms with E-state index in [0.717, 1.165) is 61.1 Å². The summed E-state index contributed by atoms with van der Waals surface area (Å²) >= 11 is 0. The van der Waals surface area contributed by atoms with Gasteiger partial charge in [0.15, 0.2) is 11.5 Å². The van der Waals surface area contributed by atoms with E-state index in [0.29, 0.717) is 5.92 Å². The molecule has 1 saturated heterocycles. The van der Waals surface area contributed by atoms with E-state index in [1.165, 1.54) is 5.56 Å². The molecule has 1 N–H and O–H groups in total. The first kappa shape index (κ1) is 19.6. The minimum absolute atomic E-state index is 0.414. The zero-order valence-electron chi connectivity index (χ0n) is 17.7. The first-order valence-corrected chi connectivity index (χ1v) is 10.8. The van der Waals surface area contributed by atoms with Crippen molar-refractivity contribution in [2.75, 3.05) is 25.5 Å². The van der Waals surface area contributed by atoms with Gasteiger partial charge in [-0.1, -0.05) is 30.3 Å². The minimum Gasteiger partial charge on any atom is -0.497 e. The quantitative estimate of drug-likeness (QED) is 0.489. The van der Waals surface area contributed by atoms with Crippen molar-refractivity contribution in [3.63, 3.8) is 0 Å². The molecule has 0 radical (unpaired) electrons. The van der Waals surface area contributed by atoms with Crippen molar-refractivity contribution in [2.45, 2.75) is 25.3 Å². The average Bonchev–Trinajstić information content (AvgIpc) is 3.24. The van der Waals surface area contributed by atoms with Crippen molar-refractivity contribution in [3.8, 4) is 5.75 Å². The SMILES string of the molecule is COc1ccc(CN2CCC(c3nc4ccc(Nc5ccccc5)cn4n3)CC2)cc1. The Labute approximate surface area is 182 Å². The molecule has 0 saturated carbocycles. The average molecular weight is 414 g/mol. The van der Waals surface area contributed by atoms with Gasteiger partial charge in [0.2, 0.25) is 0 Å². The number of rotatable bonds is 6. The lowest BCUT2D eigenvalue weighted by atomic mass is 9.96. The molecule has 0 aliphatic carbocycles. The maximum atomic E-state index is 5.25. The molecular weight excluding hydrogens is 386 g/mol. The maximum absolute atomic E-state index is 5.25. The summed E-state index contributed by atoms with van der Waals surface area (Å²) in [5.41, 5.74) is 4.29. The van der Waals surface area contributed by atoms with Crippen molar-refractivity contribution in [2.24, 2.45) is 0 Å². The third-order valence-corrected chi connectivity index (χ3v) is 5.93. The Bertz CT molecular complexity index is 1130. The van der Waals surface area contributed by atoms with E-state index < -0.39 is 0 Å². The number of benzene rings is 2. The number of ether oxygens (including phenoxy) is 1. The van der Waals surface area contributed by atoms with Gasteiger partial charge in [0.25, 0.3) is 0 Å². The Kier molecular flexibility index (Phi) is 5.54. The summed E-state index contributed by atoms with van der Waals surface area (Å²) < 4.78 is 7.14. The largest absolute Gasteiger partial charge is 0.497 e. The molecule has 5 rings (SSSR count). The molecule has 0 spiro atoms. The summed E-state index contributed by atoms with van der Waals surface area (Å²) in [6, 6.07) is 22.6. The van der Waals surface area contributed by atoms with Gasteiger partial charge in [0.1, 0.15) is 5.75 Å². The van der Waals surface area contributed by atoms with Crippen LogP contribution < -0.4 is 10.1 Å². The van der Waals surface area contributed by atoms with Gasteiger partial charge in [-0.05, 0) is 67.9 Å². The topological polar surface area (TPSA) is 54.7 Å². The van der Waals surface area contributed by atoms with E-state index in [9.17, 15) is 0 Å². The highest BCUT2D eigenvalue weighted by Crippen LogP contribution is 2.27. The van der Waals surface area contributed by atoms with E-state index in [4.69, 9.17) is 14.8 Å². The highest BCUT2D eigenvalue weighted by molar-refractivity contribution is 5.60. The number of methoxy groups -OCH3 is 1. The molecule has 3 heterocycles. The predicted octanol–water partition coefficient (Wildman–Crippen LogP) is 4.86. The molecule has 0 amide bonds. The zero-order valence-corrected chi connectivity index (χ0v) is 17.7. The standard InChI is InChI=1S/C25H27N5O/c1-31-23-10-7-19(8-11-23)17-29-15-13-20(14-16-29)25-27-24-12-9-22(18-30(24)28-25)26-21-5-3-2-4-6-21/h2-12,18,20,26H,13-17H2,1H3. The van der Waals surface area contributed by atoms with Crippen molar-refractivity contribution in [3.05, 3.63) is 84.3 Å². The number of nitrogens with one attached hydrogen (secondary N) is 1. The van der Waals surface area contributed by atoms with Crippen LogP contribution in [0.1, 0.15) is 30.1 Å². The molecule has 6 heteroatoms. The third-order valence-electron chi connectivity index (χ3n) is 5.93. The third kappa shape index (κ3) is 4.54. The van der Waals surface area contributed by atoms with Crippen LogP contribution in [0.15, 0.2) is 72.9 Å². The number of nitrogens with zero attached hydrogens (tertiary/aromatic N) is 4. The molecule has 1 aliphatic heterocycles. The summed E-state index contributed by atoms with van der Waals surface area (Å²) in [5, 5.41) is 8.22. The van der Waals surface area contributed by atoms with E-state index in [1.54, 1.807) is 7.11 Å². The van der Waals surface area contributed by atoms with Crippen LogP contribution in [0, 0.1) is 0 Å². The van der Waals surface area contributed by atoms with Gasteiger partial charge < -0.3 is 10.1 Å². The lowest BCUT2D eigenvalue weighted by molar-refractivity contribution is 0.201.